The van der Waals surface area contributed by atoms with E-state index in [0.717, 1.165) is 17.0 Å². The Labute approximate surface area is 100 Å². The number of hydrogen-bond donors (Lipinski definition) is 1. The van der Waals surface area contributed by atoms with E-state index in [-0.39, 0.29) is 0 Å². The molecule has 0 saturated heterocycles. The molecule has 0 aliphatic heterocycles. The largest absolute Gasteiger partial charge is 0.383 e. The van der Waals surface area contributed by atoms with Crippen molar-refractivity contribution in [2.75, 3.05) is 5.73 Å². The second-order valence-electron chi connectivity index (χ2n) is 4.61. The van der Waals surface area contributed by atoms with Crippen LogP contribution in [0.5, 0.6) is 0 Å². The smallest absolute Gasteiger partial charge is 0.131 e. The van der Waals surface area contributed by atoms with Crippen LogP contribution in [0.2, 0.25) is 0 Å². The summed E-state index contributed by atoms with van der Waals surface area (Å²) in [5.74, 6) is 1.28. The lowest BCUT2D eigenvalue weighted by Crippen LogP contribution is -2.10. The monoisotopic (exact) mass is 228 g/mol. The fourth-order valence-corrected chi connectivity index (χ4v) is 2.30. The average Bonchev–Trinajstić information content (AvgIpc) is 2.54. The van der Waals surface area contributed by atoms with Crippen LogP contribution in [0.3, 0.4) is 0 Å². The summed E-state index contributed by atoms with van der Waals surface area (Å²) in [6, 6.07) is 5.90. The van der Waals surface area contributed by atoms with E-state index in [0.29, 0.717) is 11.7 Å². The van der Waals surface area contributed by atoms with E-state index < -0.39 is 0 Å². The third-order valence-electron chi connectivity index (χ3n) is 3.53. The number of pyridine rings is 1. The third-order valence-corrected chi connectivity index (χ3v) is 3.53. The summed E-state index contributed by atoms with van der Waals surface area (Å²) in [5.41, 5.74) is 9.19. The molecule has 0 spiro atoms. The maximum absolute atomic E-state index is 6.11. The van der Waals surface area contributed by atoms with E-state index in [1.54, 1.807) is 10.9 Å². The van der Waals surface area contributed by atoms with E-state index in [9.17, 15) is 0 Å². The minimum atomic E-state index is 0.565. The van der Waals surface area contributed by atoms with Crippen molar-refractivity contribution in [3.8, 4) is 11.3 Å². The number of nitrogen functional groups attached to an aromatic ring is 1. The Bertz CT molecular complexity index is 526. The number of anilines is 1. The molecule has 0 amide bonds. The van der Waals surface area contributed by atoms with E-state index in [4.69, 9.17) is 5.73 Å². The summed E-state index contributed by atoms with van der Waals surface area (Å²) in [4.78, 5) is 4.39. The van der Waals surface area contributed by atoms with Gasteiger partial charge in [-0.1, -0.05) is 12.5 Å². The molecule has 17 heavy (non-hydrogen) atoms. The molecule has 2 N–H and O–H groups in total. The molecule has 0 aromatic carbocycles. The Balaban J connectivity index is 2.14. The predicted octanol–water partition coefficient (Wildman–Crippen LogP) is 2.33. The molecule has 1 fully saturated rings. The number of hydrogen-bond acceptors (Lipinski definition) is 3. The van der Waals surface area contributed by atoms with E-state index in [1.165, 1.54) is 19.3 Å². The van der Waals surface area contributed by atoms with E-state index in [1.807, 2.05) is 25.2 Å². The molecule has 0 atom stereocenters. The van der Waals surface area contributed by atoms with Crippen molar-refractivity contribution in [3.63, 3.8) is 0 Å². The van der Waals surface area contributed by atoms with Gasteiger partial charge >= 0.3 is 0 Å². The van der Waals surface area contributed by atoms with Crippen molar-refractivity contribution in [1.29, 1.82) is 0 Å². The maximum atomic E-state index is 6.11. The Morgan fingerprint density at radius 2 is 2.18 bits per heavy atom. The zero-order valence-electron chi connectivity index (χ0n) is 9.93. The van der Waals surface area contributed by atoms with Gasteiger partial charge < -0.3 is 5.73 Å². The molecule has 0 unspecified atom stereocenters. The maximum Gasteiger partial charge on any atom is 0.131 e. The molecule has 2 aromatic heterocycles. The van der Waals surface area contributed by atoms with Crippen LogP contribution in [-0.4, -0.2) is 14.8 Å². The van der Waals surface area contributed by atoms with Crippen molar-refractivity contribution in [2.45, 2.75) is 25.2 Å². The fraction of sp³-hybridized carbons (Fsp3) is 0.385. The van der Waals surface area contributed by atoms with Crippen LogP contribution in [0.1, 0.15) is 30.9 Å². The van der Waals surface area contributed by atoms with Gasteiger partial charge in [-0.05, 0) is 25.0 Å². The normalized spacial score (nSPS) is 15.8. The molecule has 1 saturated carbocycles. The van der Waals surface area contributed by atoms with Gasteiger partial charge in [-0.3, -0.25) is 9.67 Å². The van der Waals surface area contributed by atoms with Gasteiger partial charge in [0.25, 0.3) is 0 Å². The van der Waals surface area contributed by atoms with Crippen LogP contribution in [0.15, 0.2) is 24.4 Å². The number of nitrogens with two attached hydrogens (primary N) is 1. The molecule has 3 rings (SSSR count). The third kappa shape index (κ3) is 1.60. The van der Waals surface area contributed by atoms with Crippen LogP contribution in [0.25, 0.3) is 11.3 Å². The standard InChI is InChI=1S/C13H16N4/c1-17-13(14)11(10-7-2-3-8-15-10)12(16-17)9-5-4-6-9/h2-3,7-9H,4-6,14H2,1H3. The minimum absolute atomic E-state index is 0.565. The Morgan fingerprint density at radius 1 is 1.35 bits per heavy atom. The molecule has 4 heteroatoms. The van der Waals surface area contributed by atoms with Gasteiger partial charge in [0, 0.05) is 19.2 Å². The summed E-state index contributed by atoms with van der Waals surface area (Å²) in [7, 11) is 1.89. The first-order valence-electron chi connectivity index (χ1n) is 6.01. The molecule has 4 nitrogen and oxygen atoms in total. The van der Waals surface area contributed by atoms with Crippen LogP contribution in [0, 0.1) is 0 Å². The second kappa shape index (κ2) is 3.87. The summed E-state index contributed by atoms with van der Waals surface area (Å²) in [5, 5.41) is 4.56. The first-order chi connectivity index (χ1) is 8.27. The van der Waals surface area contributed by atoms with Crippen LogP contribution < -0.4 is 5.73 Å². The SMILES string of the molecule is Cn1nc(C2CCC2)c(-c2ccccn2)c1N. The second-order valence-corrected chi connectivity index (χ2v) is 4.61. The van der Waals surface area contributed by atoms with Crippen molar-refractivity contribution in [3.05, 3.63) is 30.1 Å². The first kappa shape index (κ1) is 10.3. The van der Waals surface area contributed by atoms with Gasteiger partial charge in [0.15, 0.2) is 0 Å². The highest BCUT2D eigenvalue weighted by molar-refractivity contribution is 5.74. The topological polar surface area (TPSA) is 56.7 Å². The summed E-state index contributed by atoms with van der Waals surface area (Å²) in [6.07, 6.45) is 5.53. The van der Waals surface area contributed by atoms with Crippen molar-refractivity contribution >= 4 is 5.82 Å². The number of aromatic nitrogens is 3. The Morgan fingerprint density at radius 3 is 2.76 bits per heavy atom. The van der Waals surface area contributed by atoms with E-state index >= 15 is 0 Å². The molecule has 1 aliphatic rings. The van der Waals surface area contributed by atoms with Gasteiger partial charge in [-0.2, -0.15) is 5.10 Å². The molecular formula is C13H16N4. The quantitative estimate of drug-likeness (QED) is 0.858. The molecule has 0 bridgehead atoms. The first-order valence-corrected chi connectivity index (χ1v) is 6.01. The molecule has 88 valence electrons. The average molecular weight is 228 g/mol. The zero-order valence-corrected chi connectivity index (χ0v) is 9.93. The van der Waals surface area contributed by atoms with Gasteiger partial charge in [0.05, 0.1) is 17.0 Å². The Kier molecular flexibility index (Phi) is 2.35. The fourth-order valence-electron chi connectivity index (χ4n) is 2.30. The van der Waals surface area contributed by atoms with E-state index in [2.05, 4.69) is 10.1 Å². The summed E-state index contributed by atoms with van der Waals surface area (Å²) in [6.45, 7) is 0. The number of aryl methyl sites for hydroxylation is 1. The van der Waals surface area contributed by atoms with Gasteiger partial charge in [0.2, 0.25) is 0 Å². The van der Waals surface area contributed by atoms with Gasteiger partial charge in [-0.15, -0.1) is 0 Å². The molecule has 2 aromatic rings. The molecule has 2 heterocycles. The lowest BCUT2D eigenvalue weighted by atomic mass is 9.81. The van der Waals surface area contributed by atoms with Crippen molar-refractivity contribution in [2.24, 2.45) is 7.05 Å². The minimum Gasteiger partial charge on any atom is -0.383 e. The van der Waals surface area contributed by atoms with Gasteiger partial charge in [0.1, 0.15) is 5.82 Å². The molecular weight excluding hydrogens is 212 g/mol. The summed E-state index contributed by atoms with van der Waals surface area (Å²) < 4.78 is 1.76. The number of nitrogens with zero attached hydrogens (tertiary/aromatic N) is 3. The highest BCUT2D eigenvalue weighted by Crippen LogP contribution is 2.41. The zero-order chi connectivity index (χ0) is 11.8. The molecule has 0 radical (unpaired) electrons. The highest BCUT2D eigenvalue weighted by atomic mass is 15.3. The van der Waals surface area contributed by atoms with Crippen LogP contribution >= 0.6 is 0 Å². The number of rotatable bonds is 2. The van der Waals surface area contributed by atoms with Crippen molar-refractivity contribution in [1.82, 2.24) is 14.8 Å². The molecule has 1 aliphatic carbocycles. The van der Waals surface area contributed by atoms with Gasteiger partial charge in [-0.25, -0.2) is 0 Å². The van der Waals surface area contributed by atoms with Crippen LogP contribution in [-0.2, 0) is 7.05 Å². The summed E-state index contributed by atoms with van der Waals surface area (Å²) >= 11 is 0. The lowest BCUT2D eigenvalue weighted by Gasteiger charge is -2.24. The predicted molar refractivity (Wildman–Crippen MR) is 67.4 cm³/mol. The van der Waals surface area contributed by atoms with Crippen LogP contribution in [0.4, 0.5) is 5.82 Å². The Hall–Kier alpha value is -1.84. The highest BCUT2D eigenvalue weighted by Gasteiger charge is 2.28. The van der Waals surface area contributed by atoms with Crippen molar-refractivity contribution < 1.29 is 0 Å². The lowest BCUT2D eigenvalue weighted by molar-refractivity contribution is 0.408.